The second-order valence-electron chi connectivity index (χ2n) is 5.52. The van der Waals surface area contributed by atoms with Crippen molar-refractivity contribution < 1.29 is 9.90 Å². The van der Waals surface area contributed by atoms with Crippen molar-refractivity contribution in [1.82, 2.24) is 10.6 Å². The first kappa shape index (κ1) is 13.3. The molecule has 1 rings (SSSR count). The molecule has 0 heterocycles. The molecule has 0 radical (unpaired) electrons. The fraction of sp³-hybridized carbons (Fsp3) is 0.917. The van der Waals surface area contributed by atoms with Crippen LogP contribution in [0.3, 0.4) is 0 Å². The van der Waals surface area contributed by atoms with E-state index in [1.165, 1.54) is 25.7 Å². The molecule has 0 aliphatic heterocycles. The molecule has 0 bridgehead atoms. The molecule has 94 valence electrons. The van der Waals surface area contributed by atoms with E-state index in [0.717, 1.165) is 6.42 Å². The van der Waals surface area contributed by atoms with Crippen LogP contribution in [0.15, 0.2) is 0 Å². The van der Waals surface area contributed by atoms with Crippen molar-refractivity contribution in [3.63, 3.8) is 0 Å². The second kappa shape index (κ2) is 5.53. The highest BCUT2D eigenvalue weighted by Gasteiger charge is 2.28. The normalized spacial score (nSPS) is 26.4. The lowest BCUT2D eigenvalue weighted by molar-refractivity contribution is 0.170. The van der Waals surface area contributed by atoms with Crippen molar-refractivity contribution in [3.8, 4) is 0 Å². The predicted molar refractivity (Wildman–Crippen MR) is 64.7 cm³/mol. The molecular weight excluding hydrogens is 204 g/mol. The Hall–Kier alpha value is -0.770. The summed E-state index contributed by atoms with van der Waals surface area (Å²) in [5, 5.41) is 14.6. The van der Waals surface area contributed by atoms with Gasteiger partial charge < -0.3 is 15.7 Å². The van der Waals surface area contributed by atoms with Crippen LogP contribution in [0.5, 0.6) is 0 Å². The van der Waals surface area contributed by atoms with Gasteiger partial charge in [-0.3, -0.25) is 0 Å². The molecule has 0 saturated heterocycles. The number of carbonyl (C=O) groups is 1. The van der Waals surface area contributed by atoms with E-state index in [1.807, 2.05) is 20.9 Å². The molecule has 16 heavy (non-hydrogen) atoms. The van der Waals surface area contributed by atoms with Gasteiger partial charge in [0.05, 0.1) is 0 Å². The second-order valence-corrected chi connectivity index (χ2v) is 5.52. The molecule has 1 aliphatic rings. The van der Waals surface area contributed by atoms with Gasteiger partial charge in [-0.2, -0.15) is 0 Å². The van der Waals surface area contributed by atoms with E-state index in [4.69, 9.17) is 5.11 Å². The van der Waals surface area contributed by atoms with Crippen LogP contribution < -0.4 is 10.6 Å². The van der Waals surface area contributed by atoms with E-state index in [9.17, 15) is 4.79 Å². The molecule has 0 aromatic heterocycles. The summed E-state index contributed by atoms with van der Waals surface area (Å²) in [6.45, 7) is 3.93. The molecule has 0 spiro atoms. The van der Waals surface area contributed by atoms with Crippen molar-refractivity contribution in [3.05, 3.63) is 0 Å². The maximum Gasteiger partial charge on any atom is 0.405 e. The maximum atomic E-state index is 10.6. The Balaban J connectivity index is 2.35. The first-order chi connectivity index (χ1) is 7.43. The number of carboxylic acid groups (broad SMARTS) is 1. The Morgan fingerprint density at radius 1 is 1.31 bits per heavy atom. The summed E-state index contributed by atoms with van der Waals surface area (Å²) >= 11 is 0. The quantitative estimate of drug-likeness (QED) is 0.691. The minimum absolute atomic E-state index is 0.303. The van der Waals surface area contributed by atoms with Gasteiger partial charge in [0.1, 0.15) is 0 Å². The van der Waals surface area contributed by atoms with Gasteiger partial charge in [0.25, 0.3) is 0 Å². The van der Waals surface area contributed by atoms with Gasteiger partial charge in [-0.05, 0) is 58.9 Å². The van der Waals surface area contributed by atoms with E-state index in [1.54, 1.807) is 0 Å². The molecule has 1 fully saturated rings. The fourth-order valence-electron chi connectivity index (χ4n) is 2.72. The lowest BCUT2D eigenvalue weighted by Crippen LogP contribution is -2.44. The summed E-state index contributed by atoms with van der Waals surface area (Å²) < 4.78 is 0. The molecule has 1 amide bonds. The Labute approximate surface area is 97.8 Å². The van der Waals surface area contributed by atoms with Gasteiger partial charge in [-0.15, -0.1) is 0 Å². The molecule has 0 aromatic rings. The minimum Gasteiger partial charge on any atom is -0.465 e. The predicted octanol–water partition coefficient (Wildman–Crippen LogP) is 2.20. The first-order valence-electron chi connectivity index (χ1n) is 6.11. The van der Waals surface area contributed by atoms with Crippen molar-refractivity contribution in [2.75, 3.05) is 7.05 Å². The zero-order valence-corrected chi connectivity index (χ0v) is 10.5. The van der Waals surface area contributed by atoms with Crippen LogP contribution in [0, 0.1) is 5.92 Å². The third-order valence-electron chi connectivity index (χ3n) is 3.50. The summed E-state index contributed by atoms with van der Waals surface area (Å²) in [5.41, 5.74) is -0.303. The molecule has 4 nitrogen and oxygen atoms in total. The number of nitrogens with one attached hydrogen (secondary N) is 2. The average Bonchev–Trinajstić information content (AvgIpc) is 2.16. The van der Waals surface area contributed by atoms with Crippen LogP contribution >= 0.6 is 0 Å². The van der Waals surface area contributed by atoms with Gasteiger partial charge in [-0.1, -0.05) is 0 Å². The molecule has 3 N–H and O–H groups in total. The van der Waals surface area contributed by atoms with E-state index in [0.29, 0.717) is 12.0 Å². The monoisotopic (exact) mass is 228 g/mol. The SMILES string of the molecule is CNC1CCC(CC(C)(C)NC(=O)O)CC1. The third-order valence-corrected chi connectivity index (χ3v) is 3.50. The standard InChI is InChI=1S/C12H24N2O2/c1-12(2,14-11(15)16)8-9-4-6-10(13-3)7-5-9/h9-10,13-14H,4-8H2,1-3H3,(H,15,16). The van der Waals surface area contributed by atoms with Gasteiger partial charge in [0.2, 0.25) is 0 Å². The van der Waals surface area contributed by atoms with Crippen molar-refractivity contribution >= 4 is 6.09 Å². The molecule has 0 aromatic carbocycles. The topological polar surface area (TPSA) is 61.4 Å². The first-order valence-corrected chi connectivity index (χ1v) is 6.11. The lowest BCUT2D eigenvalue weighted by Gasteiger charge is -2.34. The van der Waals surface area contributed by atoms with Crippen LogP contribution in [0.4, 0.5) is 4.79 Å². The summed E-state index contributed by atoms with van der Waals surface area (Å²) in [6.07, 6.45) is 4.85. The average molecular weight is 228 g/mol. The van der Waals surface area contributed by atoms with Crippen molar-refractivity contribution in [1.29, 1.82) is 0 Å². The number of hydrogen-bond acceptors (Lipinski definition) is 2. The summed E-state index contributed by atoms with van der Waals surface area (Å²) in [4.78, 5) is 10.6. The highest BCUT2D eigenvalue weighted by molar-refractivity contribution is 5.65. The van der Waals surface area contributed by atoms with Gasteiger partial charge >= 0.3 is 6.09 Å². The summed E-state index contributed by atoms with van der Waals surface area (Å²) in [5.74, 6) is 0.659. The van der Waals surface area contributed by atoms with E-state index >= 15 is 0 Å². The van der Waals surface area contributed by atoms with Gasteiger partial charge in [0, 0.05) is 11.6 Å². The Morgan fingerprint density at radius 3 is 2.31 bits per heavy atom. The van der Waals surface area contributed by atoms with E-state index in [-0.39, 0.29) is 5.54 Å². The lowest BCUT2D eigenvalue weighted by atomic mass is 9.79. The van der Waals surface area contributed by atoms with E-state index in [2.05, 4.69) is 10.6 Å². The van der Waals surface area contributed by atoms with Crippen LogP contribution in [0.2, 0.25) is 0 Å². The summed E-state index contributed by atoms with van der Waals surface area (Å²) in [6, 6.07) is 0.659. The number of hydrogen-bond donors (Lipinski definition) is 3. The fourth-order valence-corrected chi connectivity index (χ4v) is 2.72. The molecule has 1 aliphatic carbocycles. The highest BCUT2D eigenvalue weighted by Crippen LogP contribution is 2.30. The Morgan fingerprint density at radius 2 is 1.88 bits per heavy atom. The van der Waals surface area contributed by atoms with Crippen molar-refractivity contribution in [2.45, 2.75) is 57.5 Å². The molecule has 0 atom stereocenters. The zero-order chi connectivity index (χ0) is 12.2. The van der Waals surface area contributed by atoms with Gasteiger partial charge in [-0.25, -0.2) is 4.79 Å². The van der Waals surface area contributed by atoms with Crippen LogP contribution in [0.1, 0.15) is 46.0 Å². The maximum absolute atomic E-state index is 10.6. The minimum atomic E-state index is -0.922. The molecule has 1 saturated carbocycles. The molecular formula is C12H24N2O2. The molecule has 0 unspecified atom stereocenters. The highest BCUT2D eigenvalue weighted by atomic mass is 16.4. The third kappa shape index (κ3) is 4.39. The van der Waals surface area contributed by atoms with Gasteiger partial charge in [0.15, 0.2) is 0 Å². The summed E-state index contributed by atoms with van der Waals surface area (Å²) in [7, 11) is 2.01. The smallest absolute Gasteiger partial charge is 0.405 e. The van der Waals surface area contributed by atoms with Crippen LogP contribution in [-0.4, -0.2) is 29.8 Å². The molecule has 4 heteroatoms. The number of rotatable bonds is 4. The van der Waals surface area contributed by atoms with E-state index < -0.39 is 6.09 Å². The largest absolute Gasteiger partial charge is 0.465 e. The van der Waals surface area contributed by atoms with Crippen LogP contribution in [-0.2, 0) is 0 Å². The van der Waals surface area contributed by atoms with Crippen LogP contribution in [0.25, 0.3) is 0 Å². The Bertz CT molecular complexity index is 233. The Kier molecular flexibility index (Phi) is 4.59. The zero-order valence-electron chi connectivity index (χ0n) is 10.5. The van der Waals surface area contributed by atoms with Crippen molar-refractivity contribution in [2.24, 2.45) is 5.92 Å². The number of amides is 1.